The summed E-state index contributed by atoms with van der Waals surface area (Å²) in [5.74, 6) is 3.33. The van der Waals surface area contributed by atoms with Gasteiger partial charge in [0, 0.05) is 30.4 Å². The summed E-state index contributed by atoms with van der Waals surface area (Å²) in [6.07, 6.45) is 4.80. The zero-order valence-corrected chi connectivity index (χ0v) is 12.5. The van der Waals surface area contributed by atoms with E-state index in [0.29, 0.717) is 0 Å². The lowest BCUT2D eigenvalue weighted by Crippen LogP contribution is -2.20. The minimum absolute atomic E-state index is 0.739. The van der Waals surface area contributed by atoms with Gasteiger partial charge in [0.05, 0.1) is 6.54 Å². The van der Waals surface area contributed by atoms with Crippen molar-refractivity contribution in [2.24, 2.45) is 0 Å². The first-order chi connectivity index (χ1) is 8.69. The van der Waals surface area contributed by atoms with Gasteiger partial charge in [0.15, 0.2) is 0 Å². The van der Waals surface area contributed by atoms with Gasteiger partial charge in [-0.05, 0) is 39.1 Å². The molecule has 0 aliphatic heterocycles. The van der Waals surface area contributed by atoms with E-state index in [1.54, 1.807) is 0 Å². The van der Waals surface area contributed by atoms with Crippen molar-refractivity contribution in [3.05, 3.63) is 23.2 Å². The van der Waals surface area contributed by atoms with Crippen LogP contribution in [-0.2, 0) is 13.1 Å². The summed E-state index contributed by atoms with van der Waals surface area (Å²) >= 11 is 1.89. The number of hydrogen-bond acceptors (Lipinski definition) is 4. The number of thioether (sulfide) groups is 1. The smallest absolute Gasteiger partial charge is 0.118 e. The number of aryl methyl sites for hydroxylation is 1. The van der Waals surface area contributed by atoms with Crippen LogP contribution in [0.25, 0.3) is 0 Å². The first-order valence-corrected chi connectivity index (χ1v) is 8.07. The van der Waals surface area contributed by atoms with Gasteiger partial charge >= 0.3 is 0 Å². The number of hydrogen-bond donors (Lipinski definition) is 1. The molecule has 1 aromatic rings. The summed E-state index contributed by atoms with van der Waals surface area (Å²) in [4.78, 5) is 2.35. The van der Waals surface area contributed by atoms with Crippen LogP contribution in [0.15, 0.2) is 10.5 Å². The first-order valence-electron chi connectivity index (χ1n) is 6.68. The molecule has 0 amide bonds. The van der Waals surface area contributed by atoms with Crippen LogP contribution in [0.3, 0.4) is 0 Å². The molecule has 1 N–H and O–H groups in total. The molecule has 1 aromatic heterocycles. The van der Waals surface area contributed by atoms with Crippen LogP contribution in [0.2, 0.25) is 0 Å². The van der Waals surface area contributed by atoms with Gasteiger partial charge < -0.3 is 14.6 Å². The highest BCUT2D eigenvalue weighted by Gasteiger charge is 2.20. The highest BCUT2D eigenvalue weighted by Crippen LogP contribution is 2.21. The standard InChI is InChI=1S/C14H24N2OS/c1-11-12(10-16(2)6-7-18-3)8-14(17-11)9-15-13-4-5-13/h8,13,15H,4-7,9-10H2,1-3H3. The minimum Gasteiger partial charge on any atom is -0.465 e. The van der Waals surface area contributed by atoms with Gasteiger partial charge in [-0.2, -0.15) is 11.8 Å². The lowest BCUT2D eigenvalue weighted by atomic mass is 10.2. The maximum atomic E-state index is 5.80. The Morgan fingerprint density at radius 1 is 1.50 bits per heavy atom. The van der Waals surface area contributed by atoms with Crippen molar-refractivity contribution in [3.8, 4) is 0 Å². The van der Waals surface area contributed by atoms with E-state index in [1.165, 1.54) is 24.2 Å². The average molecular weight is 268 g/mol. The fourth-order valence-electron chi connectivity index (χ4n) is 1.98. The van der Waals surface area contributed by atoms with Gasteiger partial charge in [0.2, 0.25) is 0 Å². The van der Waals surface area contributed by atoms with Crippen molar-refractivity contribution in [2.75, 3.05) is 25.6 Å². The molecule has 2 rings (SSSR count). The van der Waals surface area contributed by atoms with Gasteiger partial charge in [-0.3, -0.25) is 0 Å². The van der Waals surface area contributed by atoms with Crippen LogP contribution in [0.5, 0.6) is 0 Å². The molecule has 0 atom stereocenters. The Labute approximate surface area is 114 Å². The second-order valence-electron chi connectivity index (χ2n) is 5.18. The normalized spacial score (nSPS) is 15.6. The monoisotopic (exact) mass is 268 g/mol. The van der Waals surface area contributed by atoms with Crippen LogP contribution in [0, 0.1) is 6.92 Å². The summed E-state index contributed by atoms with van der Waals surface area (Å²) in [5, 5.41) is 3.49. The molecular weight excluding hydrogens is 244 g/mol. The zero-order valence-electron chi connectivity index (χ0n) is 11.7. The maximum Gasteiger partial charge on any atom is 0.118 e. The van der Waals surface area contributed by atoms with Crippen molar-refractivity contribution in [1.82, 2.24) is 10.2 Å². The Bertz CT molecular complexity index is 374. The second-order valence-corrected chi connectivity index (χ2v) is 6.17. The van der Waals surface area contributed by atoms with Gasteiger partial charge in [0.1, 0.15) is 11.5 Å². The summed E-state index contributed by atoms with van der Waals surface area (Å²) in [6, 6.07) is 2.95. The van der Waals surface area contributed by atoms with E-state index in [2.05, 4.69) is 36.5 Å². The van der Waals surface area contributed by atoms with Crippen molar-refractivity contribution >= 4 is 11.8 Å². The third-order valence-electron chi connectivity index (χ3n) is 3.33. The van der Waals surface area contributed by atoms with Crippen LogP contribution < -0.4 is 5.32 Å². The SMILES string of the molecule is CSCCN(C)Cc1cc(CNC2CC2)oc1C. The Balaban J connectivity index is 1.82. The van der Waals surface area contributed by atoms with E-state index in [1.807, 2.05) is 11.8 Å². The lowest BCUT2D eigenvalue weighted by molar-refractivity contribution is 0.345. The number of nitrogens with one attached hydrogen (secondary N) is 1. The Hall–Kier alpha value is -0.450. The predicted octanol–water partition coefficient (Wildman–Crippen LogP) is 2.63. The largest absolute Gasteiger partial charge is 0.465 e. The van der Waals surface area contributed by atoms with Crippen LogP contribution >= 0.6 is 11.8 Å². The Kier molecular flexibility index (Phi) is 5.15. The molecule has 3 nitrogen and oxygen atoms in total. The van der Waals surface area contributed by atoms with E-state index in [9.17, 15) is 0 Å². The molecule has 1 aliphatic carbocycles. The molecule has 1 heterocycles. The van der Waals surface area contributed by atoms with E-state index in [0.717, 1.165) is 37.2 Å². The van der Waals surface area contributed by atoms with Crippen LogP contribution in [0.4, 0.5) is 0 Å². The number of nitrogens with zero attached hydrogens (tertiary/aromatic N) is 1. The third-order valence-corrected chi connectivity index (χ3v) is 3.92. The third kappa shape index (κ3) is 4.34. The van der Waals surface area contributed by atoms with E-state index in [-0.39, 0.29) is 0 Å². The summed E-state index contributed by atoms with van der Waals surface area (Å²) in [6.45, 7) is 5.05. The molecule has 0 unspecified atom stereocenters. The average Bonchev–Trinajstić information content (AvgIpc) is 3.11. The molecule has 4 heteroatoms. The Morgan fingerprint density at radius 3 is 2.94 bits per heavy atom. The fourth-order valence-corrected chi connectivity index (χ4v) is 2.48. The predicted molar refractivity (Wildman–Crippen MR) is 78.0 cm³/mol. The minimum atomic E-state index is 0.739. The number of rotatable bonds is 8. The highest BCUT2D eigenvalue weighted by atomic mass is 32.2. The second kappa shape index (κ2) is 6.64. The van der Waals surface area contributed by atoms with E-state index >= 15 is 0 Å². The quantitative estimate of drug-likeness (QED) is 0.784. The van der Waals surface area contributed by atoms with Gasteiger partial charge in [-0.15, -0.1) is 0 Å². The zero-order chi connectivity index (χ0) is 13.0. The van der Waals surface area contributed by atoms with Crippen molar-refractivity contribution in [1.29, 1.82) is 0 Å². The molecule has 18 heavy (non-hydrogen) atoms. The molecule has 0 bridgehead atoms. The maximum absolute atomic E-state index is 5.80. The number of furan rings is 1. The van der Waals surface area contributed by atoms with Gasteiger partial charge in [-0.25, -0.2) is 0 Å². The molecule has 0 saturated heterocycles. The summed E-state index contributed by atoms with van der Waals surface area (Å²) in [7, 11) is 2.17. The highest BCUT2D eigenvalue weighted by molar-refractivity contribution is 7.98. The summed E-state index contributed by atoms with van der Waals surface area (Å²) in [5.41, 5.74) is 1.33. The molecule has 1 aliphatic rings. The van der Waals surface area contributed by atoms with Crippen LogP contribution in [-0.4, -0.2) is 36.5 Å². The van der Waals surface area contributed by atoms with Crippen molar-refractivity contribution in [3.63, 3.8) is 0 Å². The van der Waals surface area contributed by atoms with Crippen molar-refractivity contribution < 1.29 is 4.42 Å². The molecule has 0 spiro atoms. The molecule has 102 valence electrons. The molecule has 0 aromatic carbocycles. The van der Waals surface area contributed by atoms with Gasteiger partial charge in [-0.1, -0.05) is 0 Å². The molecule has 1 saturated carbocycles. The Morgan fingerprint density at radius 2 is 2.28 bits per heavy atom. The van der Waals surface area contributed by atoms with Gasteiger partial charge in [0.25, 0.3) is 0 Å². The molecule has 0 radical (unpaired) electrons. The molecular formula is C14H24N2OS. The fraction of sp³-hybridized carbons (Fsp3) is 0.714. The van der Waals surface area contributed by atoms with Crippen LogP contribution in [0.1, 0.15) is 29.9 Å². The first kappa shape index (κ1) is 14.0. The lowest BCUT2D eigenvalue weighted by Gasteiger charge is -2.14. The van der Waals surface area contributed by atoms with Crippen molar-refractivity contribution in [2.45, 2.75) is 38.9 Å². The topological polar surface area (TPSA) is 28.4 Å². The summed E-state index contributed by atoms with van der Waals surface area (Å²) < 4.78 is 5.80. The van der Waals surface area contributed by atoms with E-state index in [4.69, 9.17) is 4.42 Å². The van der Waals surface area contributed by atoms with E-state index < -0.39 is 0 Å². The molecule has 1 fully saturated rings.